The molecule has 0 saturated carbocycles. The molecule has 0 saturated heterocycles. The molecule has 2 rings (SSSR count). The zero-order chi connectivity index (χ0) is 24.3. The Labute approximate surface area is 185 Å². The fraction of sp³-hybridized carbons (Fsp3) is 0.409. The molecule has 0 spiro atoms. The number of hydrogen-bond acceptors (Lipinski definition) is 5. The zero-order valence-corrected chi connectivity index (χ0v) is 18.9. The fourth-order valence-corrected chi connectivity index (χ4v) is 3.56. The lowest BCUT2D eigenvalue weighted by molar-refractivity contribution is -0.136. The van der Waals surface area contributed by atoms with Gasteiger partial charge in [0.15, 0.2) is 6.10 Å². The van der Waals surface area contributed by atoms with Crippen LogP contribution in [0.4, 0.5) is 10.1 Å². The van der Waals surface area contributed by atoms with Crippen LogP contribution in [0.1, 0.15) is 45.9 Å². The second-order valence-electron chi connectivity index (χ2n) is 7.69. The van der Waals surface area contributed by atoms with E-state index in [0.29, 0.717) is 22.5 Å². The molecule has 10 heteroatoms. The predicted molar refractivity (Wildman–Crippen MR) is 117 cm³/mol. The number of carbonyl (C=O) groups excluding carboxylic acids is 3. The van der Waals surface area contributed by atoms with E-state index < -0.39 is 41.8 Å². The molecule has 1 heterocycles. The highest BCUT2D eigenvalue weighted by Crippen LogP contribution is 2.28. The Morgan fingerprint density at radius 3 is 2.25 bits per heavy atom. The molecule has 32 heavy (non-hydrogen) atoms. The first kappa shape index (κ1) is 25.0. The molecule has 0 radical (unpaired) electrons. The van der Waals surface area contributed by atoms with Crippen molar-refractivity contribution in [2.75, 3.05) is 12.4 Å². The number of carbonyl (C=O) groups is 3. The van der Waals surface area contributed by atoms with Gasteiger partial charge in [0.25, 0.3) is 11.8 Å². The van der Waals surface area contributed by atoms with E-state index in [9.17, 15) is 29.0 Å². The molecule has 174 valence electrons. The fourth-order valence-electron chi connectivity index (χ4n) is 3.56. The number of rotatable bonds is 7. The SMILES string of the molecule is CNC(=O)[C@@H](NC(=O)C(O)c1c(C)c(C(=O)Nc2ccc(F)c(C)c2)c(C)n1C)[C@H](C)O. The summed E-state index contributed by atoms with van der Waals surface area (Å²) in [6, 6.07) is 2.93. The van der Waals surface area contributed by atoms with Crippen LogP contribution in [-0.2, 0) is 16.6 Å². The Hall–Kier alpha value is -3.24. The van der Waals surface area contributed by atoms with Crippen molar-refractivity contribution in [3.05, 3.63) is 52.1 Å². The summed E-state index contributed by atoms with van der Waals surface area (Å²) in [6.07, 6.45) is -2.89. The standard InChI is InChI=1S/C22H29FN4O5/c1-10-9-14(7-8-15(10)23)25-20(30)16-11(2)18(27(6)12(16)3)19(29)22(32)26-17(13(4)28)21(31)24-5/h7-9,13,17,19,28-29H,1-6H3,(H,24,31)(H,25,30)(H,26,32)/t13-,17-,19?/m0/s1. The minimum atomic E-state index is -1.70. The van der Waals surface area contributed by atoms with Crippen LogP contribution >= 0.6 is 0 Å². The van der Waals surface area contributed by atoms with E-state index in [1.165, 1.54) is 36.7 Å². The Kier molecular flexibility index (Phi) is 7.76. The van der Waals surface area contributed by atoms with Crippen molar-refractivity contribution in [1.29, 1.82) is 0 Å². The van der Waals surface area contributed by atoms with Gasteiger partial charge in [-0.05, 0) is 57.0 Å². The Bertz CT molecular complexity index is 1050. The minimum Gasteiger partial charge on any atom is -0.391 e. The molecular weight excluding hydrogens is 419 g/mol. The average Bonchev–Trinajstić information content (AvgIpc) is 2.95. The van der Waals surface area contributed by atoms with E-state index in [1.807, 2.05) is 0 Å². The molecule has 1 aromatic carbocycles. The van der Waals surface area contributed by atoms with E-state index in [-0.39, 0.29) is 11.3 Å². The second-order valence-corrected chi connectivity index (χ2v) is 7.69. The third-order valence-electron chi connectivity index (χ3n) is 5.44. The summed E-state index contributed by atoms with van der Waals surface area (Å²) in [5.74, 6) is -2.38. The molecule has 9 nitrogen and oxygen atoms in total. The molecule has 2 aromatic rings. The molecule has 1 unspecified atom stereocenters. The third kappa shape index (κ3) is 4.97. The number of nitrogens with zero attached hydrogens (tertiary/aromatic N) is 1. The highest BCUT2D eigenvalue weighted by Gasteiger charge is 2.32. The van der Waals surface area contributed by atoms with Gasteiger partial charge in [0.2, 0.25) is 5.91 Å². The van der Waals surface area contributed by atoms with E-state index in [0.717, 1.165) is 0 Å². The van der Waals surface area contributed by atoms with Crippen LogP contribution in [0.3, 0.4) is 0 Å². The van der Waals surface area contributed by atoms with E-state index in [2.05, 4.69) is 16.0 Å². The molecular formula is C22H29FN4O5. The molecule has 1 aromatic heterocycles. The maximum Gasteiger partial charge on any atom is 0.257 e. The van der Waals surface area contributed by atoms with Crippen molar-refractivity contribution in [2.45, 2.75) is 45.9 Å². The van der Waals surface area contributed by atoms with Crippen molar-refractivity contribution in [1.82, 2.24) is 15.2 Å². The Balaban J connectivity index is 2.33. The number of aryl methyl sites for hydroxylation is 1. The van der Waals surface area contributed by atoms with Crippen LogP contribution in [0.5, 0.6) is 0 Å². The van der Waals surface area contributed by atoms with Crippen LogP contribution in [0.2, 0.25) is 0 Å². The first-order chi connectivity index (χ1) is 14.9. The van der Waals surface area contributed by atoms with Crippen molar-refractivity contribution < 1.29 is 29.0 Å². The molecule has 3 amide bonds. The van der Waals surface area contributed by atoms with Gasteiger partial charge < -0.3 is 30.7 Å². The lowest BCUT2D eigenvalue weighted by Crippen LogP contribution is -2.52. The number of anilines is 1. The van der Waals surface area contributed by atoms with Gasteiger partial charge in [-0.25, -0.2) is 4.39 Å². The highest BCUT2D eigenvalue weighted by molar-refractivity contribution is 6.06. The van der Waals surface area contributed by atoms with Crippen molar-refractivity contribution >= 4 is 23.4 Å². The lowest BCUT2D eigenvalue weighted by atomic mass is 10.1. The van der Waals surface area contributed by atoms with Crippen LogP contribution < -0.4 is 16.0 Å². The van der Waals surface area contributed by atoms with E-state index in [1.54, 1.807) is 27.8 Å². The van der Waals surface area contributed by atoms with Gasteiger partial charge in [-0.15, -0.1) is 0 Å². The van der Waals surface area contributed by atoms with Gasteiger partial charge in [0.05, 0.1) is 17.4 Å². The molecule has 3 atom stereocenters. The monoisotopic (exact) mass is 448 g/mol. The number of amides is 3. The van der Waals surface area contributed by atoms with Gasteiger partial charge in [-0.1, -0.05) is 0 Å². The van der Waals surface area contributed by atoms with Crippen LogP contribution in [0, 0.1) is 26.6 Å². The number of likely N-dealkylation sites (N-methyl/N-ethyl adjacent to an activating group) is 1. The van der Waals surface area contributed by atoms with Crippen LogP contribution in [-0.4, -0.2) is 51.7 Å². The van der Waals surface area contributed by atoms with Crippen molar-refractivity contribution in [2.24, 2.45) is 7.05 Å². The van der Waals surface area contributed by atoms with Crippen molar-refractivity contribution in [3.63, 3.8) is 0 Å². The first-order valence-corrected chi connectivity index (χ1v) is 10.0. The first-order valence-electron chi connectivity index (χ1n) is 10.0. The largest absolute Gasteiger partial charge is 0.391 e. The minimum absolute atomic E-state index is 0.168. The summed E-state index contributed by atoms with van der Waals surface area (Å²) in [4.78, 5) is 37.5. The molecule has 0 bridgehead atoms. The second kappa shape index (κ2) is 9.92. The zero-order valence-electron chi connectivity index (χ0n) is 18.9. The van der Waals surface area contributed by atoms with Crippen molar-refractivity contribution in [3.8, 4) is 0 Å². The molecule has 5 N–H and O–H groups in total. The molecule has 0 fully saturated rings. The molecule has 0 aliphatic rings. The third-order valence-corrected chi connectivity index (χ3v) is 5.44. The number of hydrogen-bond donors (Lipinski definition) is 5. The lowest BCUT2D eigenvalue weighted by Gasteiger charge is -2.22. The summed E-state index contributed by atoms with van der Waals surface area (Å²) in [5, 5.41) is 27.8. The summed E-state index contributed by atoms with van der Waals surface area (Å²) in [7, 11) is 2.95. The van der Waals surface area contributed by atoms with E-state index in [4.69, 9.17) is 0 Å². The molecule has 0 aliphatic carbocycles. The van der Waals surface area contributed by atoms with Gasteiger partial charge in [-0.3, -0.25) is 14.4 Å². The number of halogens is 1. The Morgan fingerprint density at radius 2 is 1.72 bits per heavy atom. The van der Waals surface area contributed by atoms with Crippen LogP contribution in [0.25, 0.3) is 0 Å². The maximum atomic E-state index is 13.5. The van der Waals surface area contributed by atoms with Gasteiger partial charge >= 0.3 is 0 Å². The smallest absolute Gasteiger partial charge is 0.257 e. The average molecular weight is 448 g/mol. The van der Waals surface area contributed by atoms with Crippen LogP contribution in [0.15, 0.2) is 18.2 Å². The number of benzene rings is 1. The topological polar surface area (TPSA) is 133 Å². The molecule has 0 aliphatic heterocycles. The van der Waals surface area contributed by atoms with Gasteiger partial charge in [0, 0.05) is 25.5 Å². The summed E-state index contributed by atoms with van der Waals surface area (Å²) < 4.78 is 15.0. The predicted octanol–water partition coefficient (Wildman–Crippen LogP) is 0.987. The van der Waals surface area contributed by atoms with Gasteiger partial charge in [-0.2, -0.15) is 0 Å². The maximum absolute atomic E-state index is 13.5. The Morgan fingerprint density at radius 1 is 1.09 bits per heavy atom. The normalized spacial score (nSPS) is 13.8. The number of nitrogens with one attached hydrogen (secondary N) is 3. The summed E-state index contributed by atoms with van der Waals surface area (Å²) >= 11 is 0. The quantitative estimate of drug-likeness (QED) is 0.431. The number of aromatic nitrogens is 1. The summed E-state index contributed by atoms with van der Waals surface area (Å²) in [6.45, 7) is 6.17. The highest BCUT2D eigenvalue weighted by atomic mass is 19.1. The van der Waals surface area contributed by atoms with E-state index >= 15 is 0 Å². The number of aliphatic hydroxyl groups excluding tert-OH is 2. The number of aliphatic hydroxyl groups is 2. The summed E-state index contributed by atoms with van der Waals surface area (Å²) in [5.41, 5.74) is 2.08. The van der Waals surface area contributed by atoms with Gasteiger partial charge in [0.1, 0.15) is 11.9 Å².